The van der Waals surface area contributed by atoms with Gasteiger partial charge >= 0.3 is 5.91 Å². The second kappa shape index (κ2) is 8.30. The number of nitrogens with zero attached hydrogens (tertiary/aromatic N) is 1. The molecule has 0 unspecified atom stereocenters. The normalized spacial score (nSPS) is 9.24. The average molecular weight is 239 g/mol. The van der Waals surface area contributed by atoms with Crippen molar-refractivity contribution in [2.24, 2.45) is 0 Å². The van der Waals surface area contributed by atoms with Crippen LogP contribution < -0.4 is 10.6 Å². The number of amides is 3. The summed E-state index contributed by atoms with van der Waals surface area (Å²) in [6, 6.07) is 0. The van der Waals surface area contributed by atoms with Crippen LogP contribution in [0.25, 0.3) is 0 Å². The Kier molecular flexibility index (Phi) is 7.39. The Morgan fingerprint density at radius 3 is 2.41 bits per heavy atom. The fourth-order valence-electron chi connectivity index (χ4n) is 1.11. The molecule has 0 saturated carbocycles. The van der Waals surface area contributed by atoms with Gasteiger partial charge in [0.2, 0.25) is 11.8 Å². The first-order valence-electron chi connectivity index (χ1n) is 5.23. The van der Waals surface area contributed by atoms with E-state index in [0.717, 1.165) is 4.90 Å². The van der Waals surface area contributed by atoms with E-state index in [0.29, 0.717) is 13.1 Å². The molecule has 0 spiro atoms. The molecular formula is C11H17N3O3. The van der Waals surface area contributed by atoms with Crippen LogP contribution in [0.15, 0.2) is 0 Å². The second-order valence-corrected chi connectivity index (χ2v) is 3.32. The van der Waals surface area contributed by atoms with E-state index in [9.17, 15) is 14.4 Å². The van der Waals surface area contributed by atoms with E-state index >= 15 is 0 Å². The highest BCUT2D eigenvalue weighted by atomic mass is 16.2. The summed E-state index contributed by atoms with van der Waals surface area (Å²) in [6.07, 6.45) is 4.97. The average Bonchev–Trinajstić information content (AvgIpc) is 2.28. The summed E-state index contributed by atoms with van der Waals surface area (Å²) in [5.41, 5.74) is 0. The van der Waals surface area contributed by atoms with Crippen molar-refractivity contribution in [2.75, 3.05) is 26.7 Å². The van der Waals surface area contributed by atoms with Crippen LogP contribution in [0, 0.1) is 12.3 Å². The van der Waals surface area contributed by atoms with Crippen molar-refractivity contribution < 1.29 is 14.4 Å². The first kappa shape index (κ1) is 15.1. The van der Waals surface area contributed by atoms with Crippen molar-refractivity contribution in [2.45, 2.75) is 13.3 Å². The highest BCUT2D eigenvalue weighted by molar-refractivity contribution is 6.03. The van der Waals surface area contributed by atoms with E-state index in [-0.39, 0.29) is 18.9 Å². The third-order valence-electron chi connectivity index (χ3n) is 2.01. The molecule has 0 rings (SSSR count). The number of imide groups is 1. The molecule has 3 amide bonds. The van der Waals surface area contributed by atoms with Crippen molar-refractivity contribution in [3.05, 3.63) is 0 Å². The van der Waals surface area contributed by atoms with Crippen LogP contribution in [-0.4, -0.2) is 49.3 Å². The number of hydrogen-bond donors (Lipinski definition) is 2. The molecule has 0 bridgehead atoms. The largest absolute Gasteiger partial charge is 0.355 e. The Balaban J connectivity index is 4.06. The molecule has 94 valence electrons. The number of hydrogen-bond acceptors (Lipinski definition) is 4. The summed E-state index contributed by atoms with van der Waals surface area (Å²) >= 11 is 0. The molecule has 0 aliphatic rings. The van der Waals surface area contributed by atoms with Gasteiger partial charge in [0.25, 0.3) is 0 Å². The van der Waals surface area contributed by atoms with Crippen LogP contribution in [0.1, 0.15) is 13.3 Å². The van der Waals surface area contributed by atoms with Gasteiger partial charge in [0.1, 0.15) is 0 Å². The molecule has 0 aliphatic carbocycles. The van der Waals surface area contributed by atoms with Crippen LogP contribution in [0.2, 0.25) is 0 Å². The summed E-state index contributed by atoms with van der Waals surface area (Å²) < 4.78 is 0. The van der Waals surface area contributed by atoms with Gasteiger partial charge in [-0.05, 0) is 13.0 Å². The van der Waals surface area contributed by atoms with Gasteiger partial charge in [-0.1, -0.05) is 0 Å². The lowest BCUT2D eigenvalue weighted by Crippen LogP contribution is -2.38. The van der Waals surface area contributed by atoms with Gasteiger partial charge in [-0.3, -0.25) is 19.3 Å². The molecule has 0 radical (unpaired) electrons. The molecule has 17 heavy (non-hydrogen) atoms. The molecule has 6 nitrogen and oxygen atoms in total. The van der Waals surface area contributed by atoms with Gasteiger partial charge in [0.05, 0.1) is 0 Å². The smallest absolute Gasteiger partial charge is 0.304 e. The zero-order chi connectivity index (χ0) is 13.3. The van der Waals surface area contributed by atoms with Gasteiger partial charge in [-0.2, -0.15) is 0 Å². The minimum absolute atomic E-state index is 0.00372. The zero-order valence-corrected chi connectivity index (χ0v) is 10.1. The van der Waals surface area contributed by atoms with Gasteiger partial charge < -0.3 is 10.6 Å². The Morgan fingerprint density at radius 1 is 1.29 bits per heavy atom. The Bertz CT molecular complexity index is 333. The summed E-state index contributed by atoms with van der Waals surface area (Å²) in [5, 5.41) is 5.51. The Hall–Kier alpha value is -1.87. The van der Waals surface area contributed by atoms with Crippen molar-refractivity contribution in [3.63, 3.8) is 0 Å². The molecule has 6 heteroatoms. The number of likely N-dealkylation sites (N-methyl/N-ethyl adjacent to an activating group) is 1. The van der Waals surface area contributed by atoms with Gasteiger partial charge in [0, 0.05) is 33.0 Å². The molecule has 0 aromatic heterocycles. The predicted octanol–water partition coefficient (Wildman–Crippen LogP) is -1.28. The van der Waals surface area contributed by atoms with E-state index in [1.807, 2.05) is 5.92 Å². The van der Waals surface area contributed by atoms with Crippen molar-refractivity contribution in [1.29, 1.82) is 0 Å². The third-order valence-corrected chi connectivity index (χ3v) is 2.01. The molecule has 0 aromatic rings. The van der Waals surface area contributed by atoms with Crippen molar-refractivity contribution in [1.82, 2.24) is 15.5 Å². The number of carbonyl (C=O) groups is 3. The van der Waals surface area contributed by atoms with E-state index in [1.165, 1.54) is 6.92 Å². The summed E-state index contributed by atoms with van der Waals surface area (Å²) in [4.78, 5) is 34.4. The second-order valence-electron chi connectivity index (χ2n) is 3.32. The molecule has 0 aromatic carbocycles. The SMILES string of the molecule is C#CC(=O)N(CCC(=O)NCCNC)C(C)=O. The van der Waals surface area contributed by atoms with Crippen LogP contribution in [-0.2, 0) is 14.4 Å². The highest BCUT2D eigenvalue weighted by Gasteiger charge is 2.16. The predicted molar refractivity (Wildman–Crippen MR) is 62.8 cm³/mol. The minimum Gasteiger partial charge on any atom is -0.355 e. The topological polar surface area (TPSA) is 78.5 Å². The zero-order valence-electron chi connectivity index (χ0n) is 10.1. The summed E-state index contributed by atoms with van der Waals surface area (Å²) in [6.45, 7) is 2.39. The first-order valence-corrected chi connectivity index (χ1v) is 5.23. The van der Waals surface area contributed by atoms with Crippen LogP contribution in [0.5, 0.6) is 0 Å². The van der Waals surface area contributed by atoms with E-state index in [2.05, 4.69) is 10.6 Å². The maximum atomic E-state index is 11.3. The lowest BCUT2D eigenvalue weighted by Gasteiger charge is -2.15. The van der Waals surface area contributed by atoms with Crippen LogP contribution in [0.4, 0.5) is 0 Å². The molecule has 2 N–H and O–H groups in total. The molecule has 0 aliphatic heterocycles. The van der Waals surface area contributed by atoms with Gasteiger partial charge in [0.15, 0.2) is 0 Å². The lowest BCUT2D eigenvalue weighted by molar-refractivity contribution is -0.140. The number of carbonyl (C=O) groups excluding carboxylic acids is 3. The van der Waals surface area contributed by atoms with Crippen LogP contribution >= 0.6 is 0 Å². The third kappa shape index (κ3) is 6.33. The standard InChI is InChI=1S/C11H17N3O3/c1-4-11(17)14(9(2)15)8-5-10(16)13-7-6-12-3/h1,12H,5-8H2,2-3H3,(H,13,16). The molecule has 0 atom stereocenters. The van der Waals surface area contributed by atoms with Gasteiger partial charge in [-0.15, -0.1) is 6.42 Å². The van der Waals surface area contributed by atoms with Crippen molar-refractivity contribution >= 4 is 17.7 Å². The van der Waals surface area contributed by atoms with Crippen molar-refractivity contribution in [3.8, 4) is 12.3 Å². The summed E-state index contributed by atoms with van der Waals surface area (Å²) in [5.74, 6) is 0.437. The maximum Gasteiger partial charge on any atom is 0.304 e. The Morgan fingerprint density at radius 2 is 1.94 bits per heavy atom. The van der Waals surface area contributed by atoms with E-state index < -0.39 is 11.8 Å². The first-order chi connectivity index (χ1) is 8.02. The number of terminal acetylenes is 1. The number of rotatable bonds is 6. The van der Waals surface area contributed by atoms with E-state index in [4.69, 9.17) is 6.42 Å². The molecular weight excluding hydrogens is 222 g/mol. The fourth-order valence-corrected chi connectivity index (χ4v) is 1.11. The molecule has 0 saturated heterocycles. The summed E-state index contributed by atoms with van der Waals surface area (Å²) in [7, 11) is 1.77. The monoisotopic (exact) mass is 239 g/mol. The fraction of sp³-hybridized carbons (Fsp3) is 0.545. The van der Waals surface area contributed by atoms with Gasteiger partial charge in [-0.25, -0.2) is 0 Å². The lowest BCUT2D eigenvalue weighted by atomic mass is 10.3. The Labute approximate surface area is 101 Å². The quantitative estimate of drug-likeness (QED) is 0.447. The molecule has 0 fully saturated rings. The molecule has 0 heterocycles. The maximum absolute atomic E-state index is 11.3. The number of nitrogens with one attached hydrogen (secondary N) is 2. The highest BCUT2D eigenvalue weighted by Crippen LogP contribution is 1.94. The van der Waals surface area contributed by atoms with Crippen LogP contribution in [0.3, 0.4) is 0 Å². The van der Waals surface area contributed by atoms with E-state index in [1.54, 1.807) is 7.05 Å². The minimum atomic E-state index is -0.722.